The van der Waals surface area contributed by atoms with Gasteiger partial charge < -0.3 is 46.5 Å². The predicted octanol–water partition coefficient (Wildman–Crippen LogP) is 0.236. The van der Waals surface area contributed by atoms with Crippen molar-refractivity contribution in [2.45, 2.75) is 12.4 Å². The van der Waals surface area contributed by atoms with E-state index in [1.54, 1.807) is 36.4 Å². The quantitative estimate of drug-likeness (QED) is 0.0504. The largest absolute Gasteiger partial charge is 0.547 e. The van der Waals surface area contributed by atoms with Crippen molar-refractivity contribution in [3.8, 4) is 11.5 Å². The Kier molecular flexibility index (Phi) is 9.73. The van der Waals surface area contributed by atoms with Crippen molar-refractivity contribution in [1.82, 2.24) is 15.6 Å². The van der Waals surface area contributed by atoms with Gasteiger partial charge in [0, 0.05) is 24.0 Å². The van der Waals surface area contributed by atoms with Crippen molar-refractivity contribution in [3.05, 3.63) is 70.2 Å². The van der Waals surface area contributed by atoms with Crippen molar-refractivity contribution >= 4 is 47.0 Å². The van der Waals surface area contributed by atoms with Crippen LogP contribution in [0.1, 0.15) is 27.2 Å². The topological polar surface area (TPSA) is 227 Å². The number of anilines is 1. The summed E-state index contributed by atoms with van der Waals surface area (Å²) in [5, 5.41) is 39.1. The number of carbonyl (C=O) groups is 2. The van der Waals surface area contributed by atoms with Gasteiger partial charge in [0.15, 0.2) is 17.5 Å². The summed E-state index contributed by atoms with van der Waals surface area (Å²) in [7, 11) is -1.51. The summed E-state index contributed by atoms with van der Waals surface area (Å²) >= 11 is 1.11. The molecule has 1 amide bonds. The van der Waals surface area contributed by atoms with Crippen LogP contribution < -0.4 is 31.5 Å². The molecule has 0 fully saturated rings. The Hall–Kier alpha value is -4.67. The Labute approximate surface area is 239 Å². The molecule has 2 heterocycles. The third-order valence-electron chi connectivity index (χ3n) is 5.83. The van der Waals surface area contributed by atoms with Gasteiger partial charge in [0.1, 0.15) is 29.6 Å². The highest BCUT2D eigenvalue weighted by Crippen LogP contribution is 2.30. The second-order valence-corrected chi connectivity index (χ2v) is 9.59. The molecule has 1 aliphatic heterocycles. The van der Waals surface area contributed by atoms with Crippen molar-refractivity contribution < 1.29 is 33.9 Å². The van der Waals surface area contributed by atoms with Crippen LogP contribution in [0.25, 0.3) is 0 Å². The van der Waals surface area contributed by atoms with E-state index in [0.717, 1.165) is 11.3 Å². The number of nitrogens with zero attached hydrogens (tertiary/aromatic N) is 2. The number of hydrogen-bond acceptors (Lipinski definition) is 12. The van der Waals surface area contributed by atoms with E-state index < -0.39 is 24.9 Å². The number of aromatic carboxylic acids is 1. The van der Waals surface area contributed by atoms with Crippen LogP contribution in [0.15, 0.2) is 53.0 Å². The molecule has 1 unspecified atom stereocenters. The maximum absolute atomic E-state index is 13.2. The van der Waals surface area contributed by atoms with Gasteiger partial charge in [0.25, 0.3) is 5.91 Å². The molecule has 16 heteroatoms. The number of rotatable bonds is 12. The molecule has 1 aromatic heterocycles. The summed E-state index contributed by atoms with van der Waals surface area (Å²) in [5.74, 6) is -1.94. The maximum Gasteiger partial charge on any atom is 0.547 e. The van der Waals surface area contributed by atoms with E-state index >= 15 is 0 Å². The van der Waals surface area contributed by atoms with E-state index in [9.17, 15) is 19.7 Å². The number of thiazole rings is 1. The molecule has 0 radical (unpaired) electrons. The molecule has 0 aliphatic carbocycles. The number of carbonyl (C=O) groups excluding carboxylic acids is 1. The molecule has 1 aliphatic rings. The molecule has 0 bridgehead atoms. The third kappa shape index (κ3) is 7.50. The molecule has 0 saturated carbocycles. The van der Waals surface area contributed by atoms with E-state index in [1.165, 1.54) is 11.4 Å². The van der Waals surface area contributed by atoms with Crippen molar-refractivity contribution in [3.63, 3.8) is 0 Å². The number of carboxylic acid groups (broad SMARTS) is 1. The zero-order chi connectivity index (χ0) is 29.4. The second-order valence-electron chi connectivity index (χ2n) is 8.70. The number of ether oxygens (including phenoxy) is 1. The van der Waals surface area contributed by atoms with E-state index in [4.69, 9.17) is 31.1 Å². The summed E-state index contributed by atoms with van der Waals surface area (Å²) in [6.07, 6.45) is 0.117. The average Bonchev–Trinajstić information content (AvgIpc) is 3.39. The summed E-state index contributed by atoms with van der Waals surface area (Å²) < 4.78 is 11.1. The van der Waals surface area contributed by atoms with Gasteiger partial charge in [-0.15, -0.1) is 11.3 Å². The standard InChI is InChI=1S/C25H28BN7O7S/c27-8-9-30-22(28)14-4-6-16(7-5-14)38-10-11-39-33-20(18-13-41-25(29)31-18)23(34)32-19-12-15-2-1-3-17(24(35)36)21(15)40-26(19)37/h1-7,13,19,37H,8-12,27H2,(H2,28,30)(H2,29,31)(H,32,34)(H,35,36). The van der Waals surface area contributed by atoms with Gasteiger partial charge in [-0.1, -0.05) is 17.3 Å². The van der Waals surface area contributed by atoms with Gasteiger partial charge in [-0.2, -0.15) is 0 Å². The van der Waals surface area contributed by atoms with E-state index in [-0.39, 0.29) is 53.3 Å². The number of para-hydroxylation sites is 1. The lowest BCUT2D eigenvalue weighted by Crippen LogP contribution is -2.54. The second kappa shape index (κ2) is 13.6. The molecule has 0 saturated heterocycles. The van der Waals surface area contributed by atoms with Crippen LogP contribution in [-0.4, -0.2) is 77.9 Å². The molecule has 9 N–H and O–H groups in total. The van der Waals surface area contributed by atoms with Crippen LogP contribution in [0.3, 0.4) is 0 Å². The number of nitrogens with two attached hydrogens (primary N) is 2. The summed E-state index contributed by atoms with van der Waals surface area (Å²) in [6, 6.07) is 11.5. The van der Waals surface area contributed by atoms with Crippen LogP contribution in [0, 0.1) is 5.41 Å². The molecule has 2 aromatic carbocycles. The van der Waals surface area contributed by atoms with Gasteiger partial charge >= 0.3 is 13.1 Å². The fourth-order valence-corrected chi connectivity index (χ4v) is 4.43. The van der Waals surface area contributed by atoms with Crippen molar-refractivity contribution in [2.75, 3.05) is 32.0 Å². The number of nitrogen functional groups attached to an aromatic ring is 1. The lowest BCUT2D eigenvalue weighted by atomic mass is 9.72. The first-order chi connectivity index (χ1) is 19.8. The van der Waals surface area contributed by atoms with Crippen LogP contribution in [0.5, 0.6) is 11.5 Å². The molecule has 214 valence electrons. The highest BCUT2D eigenvalue weighted by Gasteiger charge is 2.38. The summed E-state index contributed by atoms with van der Waals surface area (Å²) in [4.78, 5) is 34.1. The number of oxime groups is 1. The van der Waals surface area contributed by atoms with Crippen LogP contribution >= 0.6 is 11.3 Å². The fourth-order valence-electron chi connectivity index (χ4n) is 3.88. The number of amides is 1. The Bertz CT molecular complexity index is 1430. The van der Waals surface area contributed by atoms with Gasteiger partial charge in [-0.3, -0.25) is 10.2 Å². The Balaban J connectivity index is 1.36. The fraction of sp³-hybridized carbons (Fsp3) is 0.240. The van der Waals surface area contributed by atoms with Crippen molar-refractivity contribution in [1.29, 1.82) is 5.41 Å². The Morgan fingerprint density at radius 2 is 2.02 bits per heavy atom. The molecule has 4 rings (SSSR count). The lowest BCUT2D eigenvalue weighted by molar-refractivity contribution is -0.115. The molecule has 41 heavy (non-hydrogen) atoms. The number of benzene rings is 2. The summed E-state index contributed by atoms with van der Waals surface area (Å²) in [5.41, 5.74) is 12.3. The maximum atomic E-state index is 13.2. The molecule has 1 atom stereocenters. The van der Waals surface area contributed by atoms with Gasteiger partial charge in [0.2, 0.25) is 0 Å². The predicted molar refractivity (Wildman–Crippen MR) is 152 cm³/mol. The number of fused-ring (bicyclic) bond motifs is 1. The number of hydrogen-bond donors (Lipinski definition) is 7. The highest BCUT2D eigenvalue weighted by atomic mass is 32.1. The smallest absolute Gasteiger partial charge is 0.534 e. The molecule has 14 nitrogen and oxygen atoms in total. The van der Waals surface area contributed by atoms with Crippen LogP contribution in [0.4, 0.5) is 5.13 Å². The van der Waals surface area contributed by atoms with Gasteiger partial charge in [-0.25, -0.2) is 9.78 Å². The lowest BCUT2D eigenvalue weighted by Gasteiger charge is -2.28. The Morgan fingerprint density at radius 1 is 1.24 bits per heavy atom. The average molecular weight is 581 g/mol. The minimum Gasteiger partial charge on any atom is -0.534 e. The molecular weight excluding hydrogens is 553 g/mol. The van der Waals surface area contributed by atoms with Gasteiger partial charge in [-0.05, 0) is 42.3 Å². The zero-order valence-electron chi connectivity index (χ0n) is 21.7. The van der Waals surface area contributed by atoms with E-state index in [2.05, 4.69) is 20.8 Å². The minimum atomic E-state index is -1.51. The van der Waals surface area contributed by atoms with E-state index in [0.29, 0.717) is 30.0 Å². The zero-order valence-corrected chi connectivity index (χ0v) is 22.5. The third-order valence-corrected chi connectivity index (χ3v) is 6.51. The molecule has 0 spiro atoms. The van der Waals surface area contributed by atoms with Gasteiger partial charge in [0.05, 0.1) is 11.5 Å². The molecular formula is C25H28BN7O7S. The highest BCUT2D eigenvalue weighted by molar-refractivity contribution is 7.13. The number of aromatic nitrogens is 1. The first-order valence-corrected chi connectivity index (χ1v) is 13.3. The van der Waals surface area contributed by atoms with Crippen molar-refractivity contribution in [2.24, 2.45) is 10.9 Å². The number of nitrogens with one attached hydrogen (secondary N) is 3. The Morgan fingerprint density at radius 3 is 2.71 bits per heavy atom. The first-order valence-electron chi connectivity index (χ1n) is 12.4. The monoisotopic (exact) mass is 581 g/mol. The number of amidine groups is 1. The number of carboxylic acids is 1. The molecule has 3 aromatic rings. The SMILES string of the molecule is N=C(NCCN)c1ccc(OCCON=C(C(=O)NC2Cc3cccc(C(=O)O)c3OB2O)c2csc(N)n2)cc1. The van der Waals surface area contributed by atoms with Crippen LogP contribution in [0.2, 0.25) is 0 Å². The van der Waals surface area contributed by atoms with E-state index in [1.807, 2.05) is 0 Å². The minimum absolute atomic E-state index is 0.00741. The first kappa shape index (κ1) is 29.3. The normalized spacial score (nSPS) is 14.4. The van der Waals surface area contributed by atoms with Crippen LogP contribution in [-0.2, 0) is 16.1 Å². The summed E-state index contributed by atoms with van der Waals surface area (Å²) in [6.45, 7) is 1.02.